The molecule has 1 unspecified atom stereocenters. The van der Waals surface area contributed by atoms with Crippen molar-refractivity contribution in [3.05, 3.63) is 42.5 Å². The minimum Gasteiger partial charge on any atom is -0.493 e. The van der Waals surface area contributed by atoms with Crippen LogP contribution in [0.5, 0.6) is 5.75 Å². The van der Waals surface area contributed by atoms with Gasteiger partial charge in [0.15, 0.2) is 0 Å². The molecular weight excluding hydrogens is 308 g/mol. The van der Waals surface area contributed by atoms with Gasteiger partial charge in [-0.2, -0.15) is 0 Å². The van der Waals surface area contributed by atoms with Gasteiger partial charge in [-0.25, -0.2) is 4.31 Å². The number of nitrogens with zero attached hydrogens (tertiary/aromatic N) is 2. The van der Waals surface area contributed by atoms with E-state index in [1.165, 1.54) is 5.56 Å². The molecule has 1 aromatic rings. The van der Waals surface area contributed by atoms with Gasteiger partial charge in [-0.3, -0.25) is 4.90 Å². The van der Waals surface area contributed by atoms with Crippen LogP contribution in [0.2, 0.25) is 0 Å². The Labute approximate surface area is 143 Å². The molecule has 0 N–H and O–H groups in total. The van der Waals surface area contributed by atoms with E-state index < -0.39 is 0 Å². The molecule has 0 aliphatic carbocycles. The molecule has 0 saturated carbocycles. The first-order valence-electron chi connectivity index (χ1n) is 8.41. The first-order chi connectivity index (χ1) is 11.4. The third-order valence-corrected chi connectivity index (χ3v) is 5.66. The van der Waals surface area contributed by atoms with Gasteiger partial charge in [0.25, 0.3) is 0 Å². The van der Waals surface area contributed by atoms with Gasteiger partial charge >= 0.3 is 0 Å². The Bertz CT molecular complexity index is 506. The van der Waals surface area contributed by atoms with Gasteiger partial charge in [0.1, 0.15) is 5.75 Å². The Hall–Kier alpha value is -1.01. The van der Waals surface area contributed by atoms with E-state index in [0.717, 1.165) is 64.7 Å². The van der Waals surface area contributed by atoms with Crippen LogP contribution in [0.3, 0.4) is 0 Å². The average molecular weight is 334 g/mol. The molecule has 126 valence electrons. The highest BCUT2D eigenvalue weighted by atomic mass is 32.2. The summed E-state index contributed by atoms with van der Waals surface area (Å²) in [7, 11) is 0. The van der Waals surface area contributed by atoms with Crippen LogP contribution >= 0.6 is 11.9 Å². The molecule has 0 bridgehead atoms. The van der Waals surface area contributed by atoms with Crippen LogP contribution in [0.1, 0.15) is 17.2 Å². The number of ether oxygens (including phenoxy) is 2. The van der Waals surface area contributed by atoms with Gasteiger partial charge in [0.05, 0.1) is 25.1 Å². The third-order valence-electron chi connectivity index (χ3n) is 4.28. The molecule has 1 fully saturated rings. The molecule has 0 radical (unpaired) electrons. The average Bonchev–Trinajstić information content (AvgIpc) is 2.61. The highest BCUT2D eigenvalue weighted by molar-refractivity contribution is 7.97. The predicted molar refractivity (Wildman–Crippen MR) is 95.9 cm³/mol. The SMILES string of the molecule is C=CCN(CCN1CCOCC1)SC1CCOc2ccccc21. The molecule has 4 nitrogen and oxygen atoms in total. The minimum absolute atomic E-state index is 0.476. The van der Waals surface area contributed by atoms with E-state index >= 15 is 0 Å². The van der Waals surface area contributed by atoms with E-state index in [0.29, 0.717) is 5.25 Å². The largest absolute Gasteiger partial charge is 0.493 e. The minimum atomic E-state index is 0.476. The fourth-order valence-electron chi connectivity index (χ4n) is 3.01. The lowest BCUT2D eigenvalue weighted by molar-refractivity contribution is 0.0367. The molecular formula is C18H26N2O2S. The summed E-state index contributed by atoms with van der Waals surface area (Å²) >= 11 is 1.95. The summed E-state index contributed by atoms with van der Waals surface area (Å²) in [5.74, 6) is 1.04. The van der Waals surface area contributed by atoms with Crippen molar-refractivity contribution in [2.24, 2.45) is 0 Å². The van der Waals surface area contributed by atoms with Crippen LogP contribution in [-0.4, -0.2) is 61.7 Å². The normalized spacial score (nSPS) is 21.7. The Balaban J connectivity index is 1.57. The summed E-state index contributed by atoms with van der Waals surface area (Å²) < 4.78 is 13.6. The number of para-hydroxylation sites is 1. The highest BCUT2D eigenvalue weighted by Gasteiger charge is 2.24. The van der Waals surface area contributed by atoms with Crippen molar-refractivity contribution in [1.82, 2.24) is 9.21 Å². The topological polar surface area (TPSA) is 24.9 Å². The lowest BCUT2D eigenvalue weighted by Gasteiger charge is -2.32. The standard InChI is InChI=1S/C18H26N2O2S/c1-2-8-20(10-9-19-11-14-21-15-12-19)23-18-7-13-22-17-6-4-3-5-16(17)18/h2-6,18H,1,7-15H2. The van der Waals surface area contributed by atoms with Gasteiger partial charge in [-0.05, 0) is 12.5 Å². The monoisotopic (exact) mass is 334 g/mol. The van der Waals surface area contributed by atoms with Crippen LogP contribution in [0.15, 0.2) is 36.9 Å². The van der Waals surface area contributed by atoms with E-state index in [1.807, 2.05) is 24.1 Å². The van der Waals surface area contributed by atoms with Crippen LogP contribution < -0.4 is 4.74 Å². The Kier molecular flexibility index (Phi) is 6.39. The predicted octanol–water partition coefficient (Wildman–Crippen LogP) is 2.98. The fourth-order valence-corrected chi connectivity index (χ4v) is 4.26. The van der Waals surface area contributed by atoms with Crippen molar-refractivity contribution >= 4 is 11.9 Å². The second-order valence-corrected chi connectivity index (χ2v) is 7.20. The van der Waals surface area contributed by atoms with Gasteiger partial charge in [-0.15, -0.1) is 6.58 Å². The summed E-state index contributed by atoms with van der Waals surface area (Å²) in [6.07, 6.45) is 3.06. The molecule has 1 saturated heterocycles. The van der Waals surface area contributed by atoms with Crippen molar-refractivity contribution in [2.75, 3.05) is 52.5 Å². The molecule has 23 heavy (non-hydrogen) atoms. The summed E-state index contributed by atoms with van der Waals surface area (Å²) in [6.45, 7) is 11.6. The lowest BCUT2D eigenvalue weighted by Crippen LogP contribution is -2.40. The second-order valence-electron chi connectivity index (χ2n) is 5.90. The van der Waals surface area contributed by atoms with E-state index in [4.69, 9.17) is 9.47 Å². The molecule has 0 amide bonds. The van der Waals surface area contributed by atoms with Crippen LogP contribution in [-0.2, 0) is 4.74 Å². The lowest BCUT2D eigenvalue weighted by atomic mass is 10.1. The van der Waals surface area contributed by atoms with E-state index in [2.05, 4.69) is 34.0 Å². The van der Waals surface area contributed by atoms with Crippen molar-refractivity contribution in [1.29, 1.82) is 0 Å². The van der Waals surface area contributed by atoms with Crippen molar-refractivity contribution in [2.45, 2.75) is 11.7 Å². The second kappa shape index (κ2) is 8.73. The van der Waals surface area contributed by atoms with E-state index in [1.54, 1.807) is 0 Å². The molecule has 1 aromatic carbocycles. The molecule has 0 spiro atoms. The number of rotatable bonds is 7. The molecule has 0 aromatic heterocycles. The Morgan fingerprint density at radius 3 is 2.91 bits per heavy atom. The summed E-state index contributed by atoms with van der Waals surface area (Å²) in [5.41, 5.74) is 1.32. The number of morpholine rings is 1. The van der Waals surface area contributed by atoms with Crippen molar-refractivity contribution < 1.29 is 9.47 Å². The van der Waals surface area contributed by atoms with E-state index in [9.17, 15) is 0 Å². The molecule has 2 aliphatic rings. The number of hydrogen-bond acceptors (Lipinski definition) is 5. The van der Waals surface area contributed by atoms with Gasteiger partial charge in [-0.1, -0.05) is 36.2 Å². The van der Waals surface area contributed by atoms with Gasteiger partial charge in [0.2, 0.25) is 0 Å². The van der Waals surface area contributed by atoms with Crippen LogP contribution in [0, 0.1) is 0 Å². The molecule has 3 rings (SSSR count). The maximum Gasteiger partial charge on any atom is 0.123 e. The van der Waals surface area contributed by atoms with Gasteiger partial charge in [0, 0.05) is 38.3 Å². The zero-order valence-corrected chi connectivity index (χ0v) is 14.5. The maximum atomic E-state index is 5.78. The van der Waals surface area contributed by atoms with Crippen molar-refractivity contribution in [3.63, 3.8) is 0 Å². The highest BCUT2D eigenvalue weighted by Crippen LogP contribution is 2.42. The number of benzene rings is 1. The number of fused-ring (bicyclic) bond motifs is 1. The first-order valence-corrected chi connectivity index (χ1v) is 9.25. The quantitative estimate of drug-likeness (QED) is 0.564. The smallest absolute Gasteiger partial charge is 0.123 e. The zero-order valence-electron chi connectivity index (χ0n) is 13.7. The first kappa shape index (κ1) is 16.8. The summed E-state index contributed by atoms with van der Waals surface area (Å²) in [6, 6.07) is 8.42. The summed E-state index contributed by atoms with van der Waals surface area (Å²) in [4.78, 5) is 2.48. The molecule has 2 aliphatic heterocycles. The Morgan fingerprint density at radius 2 is 2.09 bits per heavy atom. The van der Waals surface area contributed by atoms with Crippen LogP contribution in [0.4, 0.5) is 0 Å². The fraction of sp³-hybridized carbons (Fsp3) is 0.556. The van der Waals surface area contributed by atoms with Crippen LogP contribution in [0.25, 0.3) is 0 Å². The zero-order chi connectivity index (χ0) is 15.9. The third kappa shape index (κ3) is 4.73. The molecule has 5 heteroatoms. The Morgan fingerprint density at radius 1 is 1.26 bits per heavy atom. The maximum absolute atomic E-state index is 5.78. The van der Waals surface area contributed by atoms with Crippen molar-refractivity contribution in [3.8, 4) is 5.75 Å². The molecule has 2 heterocycles. The van der Waals surface area contributed by atoms with Gasteiger partial charge < -0.3 is 9.47 Å². The van der Waals surface area contributed by atoms with E-state index in [-0.39, 0.29) is 0 Å². The summed E-state index contributed by atoms with van der Waals surface area (Å²) in [5, 5.41) is 0.476. The number of hydrogen-bond donors (Lipinski definition) is 0. The molecule has 1 atom stereocenters.